The van der Waals surface area contributed by atoms with Crippen LogP contribution in [0.2, 0.25) is 0 Å². The fourth-order valence-electron chi connectivity index (χ4n) is 2.20. The molecule has 0 aliphatic carbocycles. The van der Waals surface area contributed by atoms with E-state index in [0.717, 1.165) is 26.2 Å². The standard InChI is InChI=1S/C13H28N2O2/c1-4-14-9-11-15(12-10-14)8-7-13(16-5-2)17-6-3/h13H,4-12H2,1-3H3. The van der Waals surface area contributed by atoms with Gasteiger partial charge in [0.1, 0.15) is 0 Å². The van der Waals surface area contributed by atoms with Crippen molar-refractivity contribution in [3.05, 3.63) is 0 Å². The van der Waals surface area contributed by atoms with Crippen molar-refractivity contribution in [1.29, 1.82) is 0 Å². The van der Waals surface area contributed by atoms with E-state index in [2.05, 4.69) is 16.7 Å². The summed E-state index contributed by atoms with van der Waals surface area (Å²) in [5.41, 5.74) is 0. The molecule has 0 aromatic heterocycles. The summed E-state index contributed by atoms with van der Waals surface area (Å²) in [5.74, 6) is 0. The molecule has 0 unspecified atom stereocenters. The van der Waals surface area contributed by atoms with E-state index in [0.29, 0.717) is 0 Å². The molecule has 0 atom stereocenters. The molecule has 0 bridgehead atoms. The normalized spacial score (nSPS) is 19.1. The Morgan fingerprint density at radius 3 is 1.88 bits per heavy atom. The quantitative estimate of drug-likeness (QED) is 0.603. The number of hydrogen-bond acceptors (Lipinski definition) is 4. The highest BCUT2D eigenvalue weighted by Gasteiger charge is 2.17. The van der Waals surface area contributed by atoms with Crippen LogP contribution in [0.15, 0.2) is 0 Å². The van der Waals surface area contributed by atoms with E-state index in [-0.39, 0.29) is 6.29 Å². The Labute approximate surface area is 106 Å². The van der Waals surface area contributed by atoms with Gasteiger partial charge in [0.15, 0.2) is 6.29 Å². The lowest BCUT2D eigenvalue weighted by atomic mass is 10.3. The van der Waals surface area contributed by atoms with E-state index in [4.69, 9.17) is 9.47 Å². The second-order valence-corrected chi connectivity index (χ2v) is 4.40. The molecule has 1 aliphatic rings. The van der Waals surface area contributed by atoms with Gasteiger partial charge in [0.05, 0.1) is 0 Å². The fraction of sp³-hybridized carbons (Fsp3) is 1.00. The molecule has 0 radical (unpaired) electrons. The Kier molecular flexibility index (Phi) is 7.77. The first-order valence-corrected chi connectivity index (χ1v) is 6.98. The Morgan fingerprint density at radius 1 is 0.882 bits per heavy atom. The summed E-state index contributed by atoms with van der Waals surface area (Å²) >= 11 is 0. The molecule has 4 nitrogen and oxygen atoms in total. The summed E-state index contributed by atoms with van der Waals surface area (Å²) in [7, 11) is 0. The molecule has 1 rings (SSSR count). The molecule has 0 amide bonds. The third-order valence-corrected chi connectivity index (χ3v) is 3.30. The van der Waals surface area contributed by atoms with Gasteiger partial charge in [-0.05, 0) is 20.4 Å². The number of rotatable bonds is 8. The zero-order valence-electron chi connectivity index (χ0n) is 11.7. The van der Waals surface area contributed by atoms with Crippen LogP contribution in [-0.2, 0) is 9.47 Å². The van der Waals surface area contributed by atoms with Crippen molar-refractivity contribution >= 4 is 0 Å². The molecule has 0 aromatic rings. The summed E-state index contributed by atoms with van der Waals surface area (Å²) < 4.78 is 11.1. The van der Waals surface area contributed by atoms with Crippen molar-refractivity contribution in [2.75, 3.05) is 52.5 Å². The molecule has 102 valence electrons. The first kappa shape index (κ1) is 14.9. The number of likely N-dealkylation sites (N-methyl/N-ethyl adjacent to an activating group) is 1. The van der Waals surface area contributed by atoms with Crippen LogP contribution in [-0.4, -0.2) is 68.6 Å². The van der Waals surface area contributed by atoms with Crippen molar-refractivity contribution in [2.45, 2.75) is 33.5 Å². The minimum atomic E-state index is -0.0193. The highest BCUT2D eigenvalue weighted by atomic mass is 16.7. The zero-order chi connectivity index (χ0) is 12.5. The van der Waals surface area contributed by atoms with Crippen LogP contribution in [0.1, 0.15) is 27.2 Å². The highest BCUT2D eigenvalue weighted by Crippen LogP contribution is 2.06. The maximum Gasteiger partial charge on any atom is 0.158 e. The van der Waals surface area contributed by atoms with E-state index in [1.807, 2.05) is 13.8 Å². The molecular formula is C13H28N2O2. The number of piperazine rings is 1. The van der Waals surface area contributed by atoms with Gasteiger partial charge in [0.25, 0.3) is 0 Å². The van der Waals surface area contributed by atoms with Gasteiger partial charge in [-0.25, -0.2) is 0 Å². The predicted molar refractivity (Wildman–Crippen MR) is 70.2 cm³/mol. The van der Waals surface area contributed by atoms with Gasteiger partial charge in [0.2, 0.25) is 0 Å². The second kappa shape index (κ2) is 8.86. The van der Waals surface area contributed by atoms with Gasteiger partial charge in [-0.1, -0.05) is 6.92 Å². The van der Waals surface area contributed by atoms with Gasteiger partial charge in [-0.15, -0.1) is 0 Å². The molecule has 0 N–H and O–H groups in total. The molecule has 0 spiro atoms. The fourth-order valence-corrected chi connectivity index (χ4v) is 2.20. The predicted octanol–water partition coefficient (Wildman–Crippen LogP) is 1.41. The largest absolute Gasteiger partial charge is 0.353 e. The molecule has 0 aromatic carbocycles. The van der Waals surface area contributed by atoms with E-state index in [1.165, 1.54) is 32.7 Å². The smallest absolute Gasteiger partial charge is 0.158 e. The topological polar surface area (TPSA) is 24.9 Å². The number of ether oxygens (including phenoxy) is 2. The molecule has 17 heavy (non-hydrogen) atoms. The SMILES string of the molecule is CCOC(CCN1CCN(CC)CC1)OCC. The van der Waals surface area contributed by atoms with Crippen LogP contribution in [0.25, 0.3) is 0 Å². The summed E-state index contributed by atoms with van der Waals surface area (Å²) in [6.07, 6.45) is 0.961. The van der Waals surface area contributed by atoms with Gasteiger partial charge >= 0.3 is 0 Å². The average molecular weight is 244 g/mol. The lowest BCUT2D eigenvalue weighted by molar-refractivity contribution is -0.142. The lowest BCUT2D eigenvalue weighted by Crippen LogP contribution is -2.46. The summed E-state index contributed by atoms with van der Waals surface area (Å²) in [6, 6.07) is 0. The lowest BCUT2D eigenvalue weighted by Gasteiger charge is -2.34. The Balaban J connectivity index is 2.16. The van der Waals surface area contributed by atoms with Crippen LogP contribution >= 0.6 is 0 Å². The van der Waals surface area contributed by atoms with Gasteiger partial charge in [-0.3, -0.25) is 0 Å². The van der Waals surface area contributed by atoms with E-state index in [1.54, 1.807) is 0 Å². The Bertz CT molecular complexity index is 176. The van der Waals surface area contributed by atoms with Crippen molar-refractivity contribution in [3.63, 3.8) is 0 Å². The molecular weight excluding hydrogens is 216 g/mol. The van der Waals surface area contributed by atoms with Crippen LogP contribution in [0.3, 0.4) is 0 Å². The first-order chi connectivity index (χ1) is 8.30. The van der Waals surface area contributed by atoms with E-state index >= 15 is 0 Å². The van der Waals surface area contributed by atoms with Crippen molar-refractivity contribution in [2.24, 2.45) is 0 Å². The molecule has 1 aliphatic heterocycles. The molecule has 1 fully saturated rings. The van der Waals surface area contributed by atoms with Crippen molar-refractivity contribution < 1.29 is 9.47 Å². The van der Waals surface area contributed by atoms with Gasteiger partial charge in [0, 0.05) is 52.4 Å². The van der Waals surface area contributed by atoms with Crippen molar-refractivity contribution in [1.82, 2.24) is 9.80 Å². The Morgan fingerprint density at radius 2 is 1.41 bits per heavy atom. The van der Waals surface area contributed by atoms with Gasteiger partial charge in [-0.2, -0.15) is 0 Å². The maximum atomic E-state index is 5.56. The molecule has 0 saturated carbocycles. The zero-order valence-corrected chi connectivity index (χ0v) is 11.7. The van der Waals surface area contributed by atoms with Crippen LogP contribution in [0.5, 0.6) is 0 Å². The van der Waals surface area contributed by atoms with Crippen molar-refractivity contribution in [3.8, 4) is 0 Å². The van der Waals surface area contributed by atoms with E-state index in [9.17, 15) is 0 Å². The monoisotopic (exact) mass is 244 g/mol. The molecule has 1 saturated heterocycles. The average Bonchev–Trinajstić information content (AvgIpc) is 2.37. The minimum absolute atomic E-state index is 0.0193. The highest BCUT2D eigenvalue weighted by molar-refractivity contribution is 4.71. The minimum Gasteiger partial charge on any atom is -0.353 e. The van der Waals surface area contributed by atoms with Gasteiger partial charge < -0.3 is 19.3 Å². The first-order valence-electron chi connectivity index (χ1n) is 6.98. The van der Waals surface area contributed by atoms with Crippen LogP contribution in [0.4, 0.5) is 0 Å². The third-order valence-electron chi connectivity index (χ3n) is 3.30. The van der Waals surface area contributed by atoms with Crippen LogP contribution < -0.4 is 0 Å². The van der Waals surface area contributed by atoms with Crippen LogP contribution in [0, 0.1) is 0 Å². The molecule has 4 heteroatoms. The third kappa shape index (κ3) is 5.82. The molecule has 1 heterocycles. The second-order valence-electron chi connectivity index (χ2n) is 4.40. The number of nitrogens with zero attached hydrogens (tertiary/aromatic N) is 2. The maximum absolute atomic E-state index is 5.56. The Hall–Kier alpha value is -0.160. The summed E-state index contributed by atoms with van der Waals surface area (Å²) in [4.78, 5) is 5.01. The van der Waals surface area contributed by atoms with E-state index < -0.39 is 0 Å². The summed E-state index contributed by atoms with van der Waals surface area (Å²) in [6.45, 7) is 14.7. The summed E-state index contributed by atoms with van der Waals surface area (Å²) in [5, 5.41) is 0. The number of hydrogen-bond donors (Lipinski definition) is 0.